The summed E-state index contributed by atoms with van der Waals surface area (Å²) >= 11 is 1.66. The highest BCUT2D eigenvalue weighted by Gasteiger charge is 2.24. The SMILES string of the molecule is Nc1ncnc2c1c(-c1ccc(COc3ccccc3)s1)nn2C1CCCNC1. The molecule has 8 heteroatoms. The summed E-state index contributed by atoms with van der Waals surface area (Å²) in [4.78, 5) is 10.9. The van der Waals surface area contributed by atoms with Gasteiger partial charge in [-0.1, -0.05) is 18.2 Å². The van der Waals surface area contributed by atoms with Crippen LogP contribution in [-0.4, -0.2) is 32.8 Å². The Morgan fingerprint density at radius 3 is 2.90 bits per heavy atom. The first-order chi connectivity index (χ1) is 14.3. The molecule has 0 radical (unpaired) electrons. The standard InChI is InChI=1S/C21H22N6OS/c22-20-18-19(17-9-8-16(29-17)12-28-15-6-2-1-3-7-15)26-27(21(18)25-13-24-20)14-5-4-10-23-11-14/h1-3,6-9,13-14,23H,4-5,10-12H2,(H2,22,24,25). The average molecular weight is 407 g/mol. The molecular formula is C21H22N6OS. The Morgan fingerprint density at radius 1 is 1.17 bits per heavy atom. The van der Waals surface area contributed by atoms with E-state index in [-0.39, 0.29) is 6.04 Å². The van der Waals surface area contributed by atoms with Crippen LogP contribution in [-0.2, 0) is 6.61 Å². The van der Waals surface area contributed by atoms with Gasteiger partial charge in [0.15, 0.2) is 5.65 Å². The van der Waals surface area contributed by atoms with Gasteiger partial charge in [0.05, 0.1) is 16.3 Å². The van der Waals surface area contributed by atoms with Gasteiger partial charge in [0.1, 0.15) is 30.2 Å². The van der Waals surface area contributed by atoms with Gasteiger partial charge < -0.3 is 15.8 Å². The summed E-state index contributed by atoms with van der Waals surface area (Å²) in [5.74, 6) is 1.33. The van der Waals surface area contributed by atoms with Crippen molar-refractivity contribution in [2.75, 3.05) is 18.8 Å². The van der Waals surface area contributed by atoms with Crippen molar-refractivity contribution >= 4 is 28.2 Å². The summed E-state index contributed by atoms with van der Waals surface area (Å²) < 4.78 is 7.90. The number of aromatic nitrogens is 4. The van der Waals surface area contributed by atoms with Gasteiger partial charge in [-0.25, -0.2) is 14.6 Å². The van der Waals surface area contributed by atoms with Crippen molar-refractivity contribution in [1.82, 2.24) is 25.1 Å². The van der Waals surface area contributed by atoms with Crippen LogP contribution >= 0.6 is 11.3 Å². The largest absolute Gasteiger partial charge is 0.488 e. The molecule has 1 aliphatic heterocycles. The molecule has 148 valence electrons. The lowest BCUT2D eigenvalue weighted by Gasteiger charge is -2.23. The molecule has 0 bridgehead atoms. The summed E-state index contributed by atoms with van der Waals surface area (Å²) in [6.45, 7) is 2.46. The molecule has 1 unspecified atom stereocenters. The van der Waals surface area contributed by atoms with Gasteiger partial charge in [-0.2, -0.15) is 5.10 Å². The second kappa shape index (κ2) is 7.81. The van der Waals surface area contributed by atoms with Gasteiger partial charge in [-0.15, -0.1) is 11.3 Å². The van der Waals surface area contributed by atoms with Gasteiger partial charge in [0.2, 0.25) is 0 Å². The van der Waals surface area contributed by atoms with Crippen LogP contribution in [0.25, 0.3) is 21.6 Å². The number of rotatable bonds is 5. The van der Waals surface area contributed by atoms with Crippen LogP contribution in [0, 0.1) is 0 Å². The summed E-state index contributed by atoms with van der Waals surface area (Å²) in [5.41, 5.74) is 7.89. The Balaban J connectivity index is 1.48. The maximum absolute atomic E-state index is 6.24. The summed E-state index contributed by atoms with van der Waals surface area (Å²) in [6.07, 6.45) is 3.72. The lowest BCUT2D eigenvalue weighted by Crippen LogP contribution is -2.32. The third kappa shape index (κ3) is 3.56. The fourth-order valence-electron chi connectivity index (χ4n) is 3.72. The lowest BCUT2D eigenvalue weighted by atomic mass is 10.1. The number of hydrogen-bond donors (Lipinski definition) is 2. The van der Waals surface area contributed by atoms with E-state index in [0.717, 1.165) is 58.2 Å². The molecule has 1 aromatic carbocycles. The molecule has 1 atom stereocenters. The summed E-state index contributed by atoms with van der Waals surface area (Å²) in [6, 6.07) is 14.3. The third-order valence-corrected chi connectivity index (χ3v) is 6.22. The molecule has 1 fully saturated rings. The number of anilines is 1. The Labute approximate surface area is 172 Å². The molecule has 1 aliphatic rings. The van der Waals surface area contributed by atoms with E-state index < -0.39 is 0 Å². The molecule has 29 heavy (non-hydrogen) atoms. The van der Waals surface area contributed by atoms with Crippen molar-refractivity contribution in [2.24, 2.45) is 0 Å². The minimum Gasteiger partial charge on any atom is -0.488 e. The fourth-order valence-corrected chi connectivity index (χ4v) is 4.63. The van der Waals surface area contributed by atoms with Gasteiger partial charge in [-0.05, 0) is 43.7 Å². The third-order valence-electron chi connectivity index (χ3n) is 5.15. The maximum atomic E-state index is 6.24. The van der Waals surface area contributed by atoms with E-state index in [1.165, 1.54) is 6.33 Å². The van der Waals surface area contributed by atoms with Crippen molar-refractivity contribution < 1.29 is 4.74 Å². The van der Waals surface area contributed by atoms with Gasteiger partial charge in [-0.3, -0.25) is 0 Å². The number of nitrogens with zero attached hydrogens (tertiary/aromatic N) is 4. The normalized spacial score (nSPS) is 16.9. The first-order valence-corrected chi connectivity index (χ1v) is 10.6. The van der Waals surface area contributed by atoms with Crippen molar-refractivity contribution in [1.29, 1.82) is 0 Å². The Bertz CT molecular complexity index is 1120. The monoisotopic (exact) mass is 406 g/mol. The molecule has 1 saturated heterocycles. The fraction of sp³-hybridized carbons (Fsp3) is 0.286. The smallest absolute Gasteiger partial charge is 0.164 e. The van der Waals surface area contributed by atoms with Gasteiger partial charge in [0.25, 0.3) is 0 Å². The van der Waals surface area contributed by atoms with Crippen LogP contribution in [0.5, 0.6) is 5.75 Å². The lowest BCUT2D eigenvalue weighted by molar-refractivity contribution is 0.310. The number of nitrogen functional groups attached to an aromatic ring is 1. The van der Waals surface area contributed by atoms with E-state index in [1.807, 2.05) is 35.0 Å². The molecular weight excluding hydrogens is 384 g/mol. The Kier molecular flexibility index (Phi) is 4.87. The van der Waals surface area contributed by atoms with E-state index >= 15 is 0 Å². The zero-order valence-corrected chi connectivity index (χ0v) is 16.7. The van der Waals surface area contributed by atoms with E-state index in [0.29, 0.717) is 12.4 Å². The Morgan fingerprint density at radius 2 is 2.07 bits per heavy atom. The number of nitrogens with one attached hydrogen (secondary N) is 1. The van der Waals surface area contributed by atoms with E-state index in [9.17, 15) is 0 Å². The van der Waals surface area contributed by atoms with Crippen LogP contribution in [0.2, 0.25) is 0 Å². The van der Waals surface area contributed by atoms with E-state index in [1.54, 1.807) is 11.3 Å². The van der Waals surface area contributed by atoms with Gasteiger partial charge in [0, 0.05) is 11.4 Å². The zero-order valence-electron chi connectivity index (χ0n) is 15.9. The van der Waals surface area contributed by atoms with Crippen molar-refractivity contribution in [3.8, 4) is 16.3 Å². The molecule has 3 N–H and O–H groups in total. The molecule has 7 nitrogen and oxygen atoms in total. The van der Waals surface area contributed by atoms with Crippen LogP contribution < -0.4 is 15.8 Å². The van der Waals surface area contributed by atoms with Crippen LogP contribution in [0.3, 0.4) is 0 Å². The van der Waals surface area contributed by atoms with Gasteiger partial charge >= 0.3 is 0 Å². The number of para-hydroxylation sites is 1. The molecule has 3 aromatic heterocycles. The molecule has 0 amide bonds. The minimum atomic E-state index is 0.273. The second-order valence-corrected chi connectivity index (χ2v) is 8.29. The highest BCUT2D eigenvalue weighted by atomic mass is 32.1. The second-order valence-electron chi connectivity index (χ2n) is 7.12. The van der Waals surface area contributed by atoms with Crippen molar-refractivity contribution in [3.05, 3.63) is 53.7 Å². The topological polar surface area (TPSA) is 90.9 Å². The predicted molar refractivity (Wildman–Crippen MR) is 115 cm³/mol. The number of fused-ring (bicyclic) bond motifs is 1. The number of nitrogens with two attached hydrogens (primary N) is 1. The zero-order chi connectivity index (χ0) is 19.6. The van der Waals surface area contributed by atoms with Crippen molar-refractivity contribution in [3.63, 3.8) is 0 Å². The maximum Gasteiger partial charge on any atom is 0.164 e. The van der Waals surface area contributed by atoms with Crippen LogP contribution in [0.1, 0.15) is 23.8 Å². The van der Waals surface area contributed by atoms with E-state index in [2.05, 4.69) is 27.4 Å². The first kappa shape index (κ1) is 18.1. The molecule has 5 rings (SSSR count). The molecule has 0 spiro atoms. The molecule has 0 saturated carbocycles. The number of thiophene rings is 1. The van der Waals surface area contributed by atoms with Crippen LogP contribution in [0.4, 0.5) is 5.82 Å². The Hall–Kier alpha value is -2.97. The first-order valence-electron chi connectivity index (χ1n) is 9.76. The minimum absolute atomic E-state index is 0.273. The molecule has 4 aromatic rings. The predicted octanol–water partition coefficient (Wildman–Crippen LogP) is 3.64. The van der Waals surface area contributed by atoms with Crippen LogP contribution in [0.15, 0.2) is 48.8 Å². The highest BCUT2D eigenvalue weighted by Crippen LogP contribution is 2.36. The number of benzene rings is 1. The molecule has 4 heterocycles. The van der Waals surface area contributed by atoms with E-state index in [4.69, 9.17) is 15.6 Å². The quantitative estimate of drug-likeness (QED) is 0.526. The van der Waals surface area contributed by atoms with Crippen molar-refractivity contribution in [2.45, 2.75) is 25.5 Å². The number of piperidine rings is 1. The molecule has 0 aliphatic carbocycles. The summed E-state index contributed by atoms with van der Waals surface area (Å²) in [7, 11) is 0. The summed E-state index contributed by atoms with van der Waals surface area (Å²) in [5, 5.41) is 9.22. The number of ether oxygens (including phenoxy) is 1. The highest BCUT2D eigenvalue weighted by molar-refractivity contribution is 7.15. The number of hydrogen-bond acceptors (Lipinski definition) is 7. The average Bonchev–Trinajstić information content (AvgIpc) is 3.39.